The van der Waals surface area contributed by atoms with Gasteiger partial charge in [-0.05, 0) is 118 Å². The second-order valence-corrected chi connectivity index (χ2v) is 45.9. The van der Waals surface area contributed by atoms with E-state index in [4.69, 9.17) is 82.9 Å². The number of nitrogens with zero attached hydrogens (tertiary/aromatic N) is 12. The number of hydrogen-bond donors (Lipinski definition) is 14. The Kier molecular flexibility index (Phi) is 39.7. The Bertz CT molecular complexity index is 5180. The van der Waals surface area contributed by atoms with E-state index in [1.165, 1.54) is 81.5 Å². The number of carbonyl (C=O) groups is 9. The molecule has 137 heavy (non-hydrogen) atoms. The van der Waals surface area contributed by atoms with E-state index in [1.54, 1.807) is 76.2 Å². The number of esters is 5. The van der Waals surface area contributed by atoms with E-state index >= 15 is 4.39 Å². The van der Waals surface area contributed by atoms with Crippen molar-refractivity contribution in [3.05, 3.63) is 19.0 Å². The number of hydrogen-bond acceptors (Lipinski definition) is 48. The molecule has 0 spiro atoms. The summed E-state index contributed by atoms with van der Waals surface area (Å²) in [4.78, 5) is 148. The third-order valence-electron chi connectivity index (χ3n) is 19.8. The van der Waals surface area contributed by atoms with Crippen molar-refractivity contribution >= 4 is 159 Å². The molecule has 4 amide bonds. The Morgan fingerprint density at radius 1 is 0.504 bits per heavy atom. The first kappa shape index (κ1) is 113. The van der Waals surface area contributed by atoms with Gasteiger partial charge in [0.1, 0.15) is 78.0 Å². The van der Waals surface area contributed by atoms with Crippen LogP contribution < -0.4 is 62.6 Å². The minimum absolute atomic E-state index is 0.0794. The van der Waals surface area contributed by atoms with Gasteiger partial charge in [0.25, 0.3) is 0 Å². The fourth-order valence-electron chi connectivity index (χ4n) is 13.2. The molecule has 61 heteroatoms. The van der Waals surface area contributed by atoms with E-state index in [1.807, 2.05) is 0 Å². The van der Waals surface area contributed by atoms with Gasteiger partial charge in [-0.2, -0.15) is 29.9 Å². The van der Waals surface area contributed by atoms with Crippen LogP contribution in [0.3, 0.4) is 0 Å². The van der Waals surface area contributed by atoms with Gasteiger partial charge in [0.05, 0.1) is 110 Å². The van der Waals surface area contributed by atoms with E-state index in [-0.39, 0.29) is 99.3 Å². The standard InChI is InChI=1S/2C26H42N7O12PS.C24H35FN7O9PS/c2*1-12(2)43-21(35)14(5)32-46(39,47-10-15(29-25(37)41-8)22(36)44-13(3)4)42-9-16-18(34)26(6,38)23(45-16)33-11-28-17-19(33)30-24(27)31-20(17)40-7;1-6-38-20-16-18(29-23(26)30-20)32(10-27-16)22-24(5,25)17(34)14(41-22)8-39-42(37,31-12(4)21(36)40-11(2)3)43-9-13-7-15(33)28-19(13)35/h2*11-16,18,23,34,38H,9-10H2,1-8H3,(H,29,37)(H,32,39)(H2,27,30,31);10-14,17,22,34H,6-9H2,1-5H3,(H,31,37)(H2,26,29,30)(H,28,33,35)/t2*14-,15?,16+,18+,23?,26+,46-;12?,13?,14-,17-,22?,24-,42?/m001/s1. The van der Waals surface area contributed by atoms with Gasteiger partial charge in [-0.1, -0.05) is 34.1 Å². The first-order chi connectivity index (χ1) is 64.0. The molecule has 54 nitrogen and oxygen atoms in total. The molecule has 8 unspecified atom stereocenters. The highest BCUT2D eigenvalue weighted by Gasteiger charge is 2.58. The zero-order valence-corrected chi connectivity index (χ0v) is 83.8. The van der Waals surface area contributed by atoms with Crippen molar-refractivity contribution in [2.75, 3.05) is 89.3 Å². The molecule has 0 aliphatic carbocycles. The molecule has 6 aromatic rings. The second-order valence-electron chi connectivity index (χ2n) is 32.9. The number of imide groups is 1. The minimum atomic E-state index is -4.19. The van der Waals surface area contributed by atoms with Crippen LogP contribution in [0.1, 0.15) is 143 Å². The number of carbonyl (C=O) groups excluding carboxylic acids is 9. The van der Waals surface area contributed by atoms with Crippen LogP contribution in [0, 0.1) is 5.92 Å². The number of alkyl halides is 1. The summed E-state index contributed by atoms with van der Waals surface area (Å²) >= 11 is 1.85. The first-order valence-electron chi connectivity index (χ1n) is 42.4. The molecular formula is C76H119FN21O33P3S3. The fourth-order valence-corrected chi connectivity index (χ4v) is 25.0. The van der Waals surface area contributed by atoms with Crippen molar-refractivity contribution in [1.82, 2.24) is 89.8 Å². The molecule has 10 rings (SSSR count). The van der Waals surface area contributed by atoms with E-state index in [0.29, 0.717) is 34.1 Å². The van der Waals surface area contributed by atoms with Gasteiger partial charge in [-0.3, -0.25) is 56.7 Å². The van der Waals surface area contributed by atoms with Gasteiger partial charge in [-0.15, -0.1) is 0 Å². The first-order valence-corrected chi connectivity index (χ1v) is 52.0. The summed E-state index contributed by atoms with van der Waals surface area (Å²) in [5, 5.41) is 70.4. The number of anilines is 3. The average molecular weight is 2060 g/mol. The van der Waals surface area contributed by atoms with Gasteiger partial charge in [0, 0.05) is 23.7 Å². The summed E-state index contributed by atoms with van der Waals surface area (Å²) < 4.78 is 148. The Hall–Kier alpha value is -9.41. The Balaban J connectivity index is 0.000000253. The van der Waals surface area contributed by atoms with Crippen LogP contribution in [0.15, 0.2) is 19.0 Å². The predicted octanol–water partition coefficient (Wildman–Crippen LogP) is 3.02. The van der Waals surface area contributed by atoms with Crippen LogP contribution >= 0.6 is 54.3 Å². The van der Waals surface area contributed by atoms with E-state index in [2.05, 4.69) is 85.5 Å². The molecule has 4 fully saturated rings. The van der Waals surface area contributed by atoms with Gasteiger partial charge < -0.3 is 129 Å². The van der Waals surface area contributed by atoms with Gasteiger partial charge >= 0.3 is 62.2 Å². The molecule has 0 radical (unpaired) electrons. The van der Waals surface area contributed by atoms with E-state index in [0.717, 1.165) is 21.1 Å². The number of halogens is 1. The SMILES string of the molecule is CCOc1nc(N)nc2c1ncn2C1O[C@H](COP(=O)(NC(C)C(=O)OC(C)C)SCC2CC(=O)NC2=O)[C@@H](O)[C@@]1(C)F.COC(=O)NC(CS[P@](=O)(N[C@@H](C)C(=O)OC(C)C)OC[C@H]1OC(n2cnc3c(OC)nc(N)nc32)[C@](C)(O)[C@@H]1O)C(=O)OC(C)C.COC(=O)NC(CS[P@](=O)(N[C@@H](C)C(=O)OC(C)C)OC[C@H]1OC(n2cnc3c(OC)nc(N)nc32)[C@](C)(O)[C@@H]1O)C(=O)OC(C)C. The third kappa shape index (κ3) is 29.2. The molecular weight excluding hydrogens is 1940 g/mol. The number of aliphatic hydroxyl groups excluding tert-OH is 3. The number of nitrogens with two attached hydrogens (primary N) is 3. The largest absolute Gasteiger partial charge is 0.479 e. The summed E-state index contributed by atoms with van der Waals surface area (Å²) in [6.45, 7) is 12.1. The number of amides is 4. The number of nitrogen functional groups attached to an aromatic ring is 3. The maximum atomic E-state index is 16.0. The maximum Gasteiger partial charge on any atom is 0.407 e. The second kappa shape index (κ2) is 48.2. The highest BCUT2D eigenvalue weighted by molar-refractivity contribution is 8.56. The van der Waals surface area contributed by atoms with E-state index in [9.17, 15) is 82.4 Å². The van der Waals surface area contributed by atoms with E-state index < -0.39 is 233 Å². The summed E-state index contributed by atoms with van der Waals surface area (Å²) in [7, 11) is 4.94. The van der Waals surface area contributed by atoms with Gasteiger partial charge in [0.15, 0.2) is 57.8 Å². The van der Waals surface area contributed by atoms with Crippen molar-refractivity contribution in [2.24, 2.45) is 5.92 Å². The molecule has 21 atom stereocenters. The van der Waals surface area contributed by atoms with Crippen LogP contribution in [0.4, 0.5) is 31.8 Å². The average Bonchev–Trinajstić information content (AvgIpc) is 1.60. The monoisotopic (exact) mass is 2060 g/mol. The summed E-state index contributed by atoms with van der Waals surface area (Å²) in [6.07, 6.45) is -13.5. The Morgan fingerprint density at radius 2 is 0.818 bits per heavy atom. The summed E-state index contributed by atoms with van der Waals surface area (Å²) in [5.74, 6) is -6.58. The maximum absolute atomic E-state index is 16.0. The molecule has 4 aliphatic heterocycles. The molecule has 0 bridgehead atoms. The normalized spacial score (nSPS) is 25.0. The fraction of sp³-hybridized carbons (Fsp3) is 0.684. The number of aromatic nitrogens is 12. The topological polar surface area (TPSA) is 735 Å². The van der Waals surface area contributed by atoms with Crippen LogP contribution in [0.25, 0.3) is 33.5 Å². The number of rotatable bonds is 43. The van der Waals surface area contributed by atoms with Crippen LogP contribution in [-0.4, -0.2) is 324 Å². The van der Waals surface area contributed by atoms with Gasteiger partial charge in [-0.25, -0.2) is 53.8 Å². The molecule has 4 saturated heterocycles. The quantitative estimate of drug-likeness (QED) is 0.0113. The molecule has 10 heterocycles. The van der Waals surface area contributed by atoms with Crippen LogP contribution in [-0.2, 0) is 108 Å². The number of imidazole rings is 3. The summed E-state index contributed by atoms with van der Waals surface area (Å²) in [5.41, 5.74) is 12.1. The number of ether oxygens (including phenoxy) is 13. The zero-order valence-electron chi connectivity index (χ0n) is 78.6. The number of methoxy groups -OCH3 is 4. The van der Waals surface area contributed by atoms with Crippen molar-refractivity contribution in [2.45, 2.75) is 257 Å². The predicted molar refractivity (Wildman–Crippen MR) is 486 cm³/mol. The highest BCUT2D eigenvalue weighted by Crippen LogP contribution is 2.61. The summed E-state index contributed by atoms with van der Waals surface area (Å²) in [6, 6.07) is -6.08. The Morgan fingerprint density at radius 3 is 1.14 bits per heavy atom. The van der Waals surface area contributed by atoms with Gasteiger partial charge in [0.2, 0.25) is 47.3 Å². The highest BCUT2D eigenvalue weighted by atomic mass is 32.7. The molecule has 6 aromatic heterocycles. The lowest BCUT2D eigenvalue weighted by molar-refractivity contribution is -0.150. The minimum Gasteiger partial charge on any atom is -0.479 e. The lowest BCUT2D eigenvalue weighted by Crippen LogP contribution is -2.45. The number of alkyl carbamates (subject to hydrolysis) is 2. The molecule has 0 aromatic carbocycles. The van der Waals surface area contributed by atoms with Crippen molar-refractivity contribution in [3.63, 3.8) is 0 Å². The number of fused-ring (bicyclic) bond motifs is 3. The van der Waals surface area contributed by atoms with Crippen molar-refractivity contribution in [1.29, 1.82) is 0 Å². The van der Waals surface area contributed by atoms with Crippen molar-refractivity contribution < 1.29 is 162 Å². The Labute approximate surface area is 796 Å². The lowest BCUT2D eigenvalue weighted by atomic mass is 9.96. The van der Waals surface area contributed by atoms with Crippen molar-refractivity contribution in [3.8, 4) is 17.6 Å². The molecule has 0 saturated carbocycles. The lowest BCUT2D eigenvalue weighted by Gasteiger charge is -2.27. The third-order valence-corrected chi connectivity index (χ3v) is 32.2. The number of nitrogens with one attached hydrogen (secondary N) is 6. The molecule has 17 N–H and O–H groups in total. The molecule has 766 valence electrons. The van der Waals surface area contributed by atoms with Crippen LogP contribution in [0.2, 0.25) is 0 Å². The number of aliphatic hydroxyl groups is 5. The molecule has 4 aliphatic rings. The van der Waals surface area contributed by atoms with Crippen LogP contribution in [0.5, 0.6) is 17.6 Å². The smallest absolute Gasteiger partial charge is 0.407 e. The zero-order chi connectivity index (χ0) is 102.